The normalized spacial score (nSPS) is 15.1. The fourth-order valence-corrected chi connectivity index (χ4v) is 4.15. The molecule has 2 aromatic heterocycles. The molecular weight excluding hydrogens is 306 g/mol. The summed E-state index contributed by atoms with van der Waals surface area (Å²) in [5, 5.41) is 5.05. The third kappa shape index (κ3) is 3.81. The van der Waals surface area contributed by atoms with Crippen LogP contribution in [0.3, 0.4) is 0 Å². The van der Waals surface area contributed by atoms with Gasteiger partial charge in [0, 0.05) is 28.5 Å². The summed E-state index contributed by atoms with van der Waals surface area (Å²) in [6.45, 7) is 2.55. The number of thiophene rings is 1. The number of aromatic nitrogens is 1. The van der Waals surface area contributed by atoms with Crippen LogP contribution in [0.25, 0.3) is 0 Å². The molecule has 3 rings (SSSR count). The molecule has 2 aromatic rings. The summed E-state index contributed by atoms with van der Waals surface area (Å²) in [6, 6.07) is 7.58. The standard InChI is InChI=1S/C14H17N3O2S2/c1-10-3-2-4-14(16-10)17-21(18,19)13-7-12(20-9-13)8-15-11-5-6-11/h2-4,7,9,11,15H,5-6,8H2,1H3,(H,16,17). The zero-order chi connectivity index (χ0) is 14.9. The molecule has 0 amide bonds. The summed E-state index contributed by atoms with van der Waals surface area (Å²) < 4.78 is 27.1. The summed E-state index contributed by atoms with van der Waals surface area (Å²) in [6.07, 6.45) is 2.44. The van der Waals surface area contributed by atoms with Gasteiger partial charge in [0.05, 0.1) is 4.90 Å². The third-order valence-corrected chi connectivity index (χ3v) is 5.63. The van der Waals surface area contributed by atoms with Crippen molar-refractivity contribution in [2.45, 2.75) is 37.2 Å². The van der Waals surface area contributed by atoms with Crippen LogP contribution in [0, 0.1) is 6.92 Å². The topological polar surface area (TPSA) is 71.1 Å². The van der Waals surface area contributed by atoms with Gasteiger partial charge in [-0.2, -0.15) is 0 Å². The van der Waals surface area contributed by atoms with Crippen LogP contribution in [0.1, 0.15) is 23.4 Å². The van der Waals surface area contributed by atoms with Crippen LogP contribution in [-0.4, -0.2) is 19.4 Å². The lowest BCUT2D eigenvalue weighted by Gasteiger charge is -2.06. The van der Waals surface area contributed by atoms with Crippen molar-refractivity contribution in [1.82, 2.24) is 10.3 Å². The lowest BCUT2D eigenvalue weighted by Crippen LogP contribution is -2.15. The molecule has 2 heterocycles. The van der Waals surface area contributed by atoms with E-state index in [2.05, 4.69) is 15.0 Å². The van der Waals surface area contributed by atoms with E-state index in [1.165, 1.54) is 24.2 Å². The molecule has 21 heavy (non-hydrogen) atoms. The average Bonchev–Trinajstić information content (AvgIpc) is 3.12. The van der Waals surface area contributed by atoms with Gasteiger partial charge in [-0.1, -0.05) is 6.07 Å². The lowest BCUT2D eigenvalue weighted by atomic mass is 10.4. The molecule has 1 aliphatic carbocycles. The third-order valence-electron chi connectivity index (χ3n) is 3.21. The number of aryl methyl sites for hydroxylation is 1. The van der Waals surface area contributed by atoms with Crippen molar-refractivity contribution < 1.29 is 8.42 Å². The second-order valence-corrected chi connectivity index (χ2v) is 7.85. The van der Waals surface area contributed by atoms with Gasteiger partial charge in [0.25, 0.3) is 10.0 Å². The minimum Gasteiger partial charge on any atom is -0.309 e. The summed E-state index contributed by atoms with van der Waals surface area (Å²) in [5.74, 6) is 0.346. The SMILES string of the molecule is Cc1cccc(NS(=O)(=O)c2csc(CNC3CC3)c2)n1. The van der Waals surface area contributed by atoms with Crippen molar-refractivity contribution in [1.29, 1.82) is 0 Å². The van der Waals surface area contributed by atoms with Gasteiger partial charge in [-0.05, 0) is 38.0 Å². The molecule has 0 saturated heterocycles. The molecule has 0 spiro atoms. The summed E-state index contributed by atoms with van der Waals surface area (Å²) in [5.41, 5.74) is 0.773. The molecular formula is C14H17N3O2S2. The fourth-order valence-electron chi connectivity index (χ4n) is 1.92. The quantitative estimate of drug-likeness (QED) is 0.857. The molecule has 1 aliphatic rings. The highest BCUT2D eigenvalue weighted by Gasteiger charge is 2.21. The predicted octanol–water partition coefficient (Wildman–Crippen LogP) is 2.50. The van der Waals surface area contributed by atoms with Crippen molar-refractivity contribution in [3.05, 3.63) is 40.2 Å². The average molecular weight is 323 g/mol. The van der Waals surface area contributed by atoms with Crippen LogP contribution in [0.5, 0.6) is 0 Å². The number of hydrogen-bond donors (Lipinski definition) is 2. The molecule has 7 heteroatoms. The highest BCUT2D eigenvalue weighted by atomic mass is 32.2. The smallest absolute Gasteiger partial charge is 0.263 e. The van der Waals surface area contributed by atoms with E-state index >= 15 is 0 Å². The van der Waals surface area contributed by atoms with Crippen molar-refractivity contribution in [3.8, 4) is 0 Å². The van der Waals surface area contributed by atoms with Crippen LogP contribution < -0.4 is 10.0 Å². The number of nitrogens with zero attached hydrogens (tertiary/aromatic N) is 1. The Morgan fingerprint density at radius 2 is 2.19 bits per heavy atom. The minimum atomic E-state index is -3.56. The first kappa shape index (κ1) is 14.5. The predicted molar refractivity (Wildman–Crippen MR) is 84.0 cm³/mol. The molecule has 5 nitrogen and oxygen atoms in total. The Bertz CT molecular complexity index is 736. The van der Waals surface area contributed by atoms with Gasteiger partial charge >= 0.3 is 0 Å². The summed E-state index contributed by atoms with van der Waals surface area (Å²) in [7, 11) is -3.56. The highest BCUT2D eigenvalue weighted by molar-refractivity contribution is 7.92. The van der Waals surface area contributed by atoms with E-state index in [4.69, 9.17) is 0 Å². The van der Waals surface area contributed by atoms with E-state index in [0.29, 0.717) is 16.8 Å². The first-order chi connectivity index (χ1) is 10.0. The lowest BCUT2D eigenvalue weighted by molar-refractivity contribution is 0.601. The number of nitrogens with one attached hydrogen (secondary N) is 2. The molecule has 0 unspecified atom stereocenters. The van der Waals surface area contributed by atoms with E-state index in [9.17, 15) is 8.42 Å². The van der Waals surface area contributed by atoms with Crippen LogP contribution in [0.15, 0.2) is 34.5 Å². The Hall–Kier alpha value is -1.44. The Balaban J connectivity index is 1.71. The Morgan fingerprint density at radius 3 is 2.90 bits per heavy atom. The Kier molecular flexibility index (Phi) is 3.97. The largest absolute Gasteiger partial charge is 0.309 e. The minimum absolute atomic E-state index is 0.295. The van der Waals surface area contributed by atoms with Crippen molar-refractivity contribution in [3.63, 3.8) is 0 Å². The number of pyridine rings is 1. The van der Waals surface area contributed by atoms with Crippen LogP contribution in [0.4, 0.5) is 5.82 Å². The second kappa shape index (κ2) is 5.75. The monoisotopic (exact) mass is 323 g/mol. The molecule has 0 radical (unpaired) electrons. The maximum Gasteiger partial charge on any atom is 0.263 e. The van der Waals surface area contributed by atoms with Gasteiger partial charge in [0.2, 0.25) is 0 Å². The molecule has 0 aromatic carbocycles. The number of rotatable bonds is 6. The van der Waals surface area contributed by atoms with Crippen LogP contribution in [0.2, 0.25) is 0 Å². The van der Waals surface area contributed by atoms with Gasteiger partial charge in [-0.3, -0.25) is 4.72 Å². The molecule has 112 valence electrons. The summed E-state index contributed by atoms with van der Waals surface area (Å²) in [4.78, 5) is 5.48. The van der Waals surface area contributed by atoms with E-state index in [0.717, 1.165) is 17.1 Å². The molecule has 2 N–H and O–H groups in total. The first-order valence-corrected chi connectivity index (χ1v) is 9.16. The first-order valence-electron chi connectivity index (χ1n) is 6.80. The molecule has 1 fully saturated rings. The maximum absolute atomic E-state index is 12.3. The van der Waals surface area contributed by atoms with Gasteiger partial charge in [0.1, 0.15) is 5.82 Å². The zero-order valence-electron chi connectivity index (χ0n) is 11.7. The number of sulfonamides is 1. The van der Waals surface area contributed by atoms with Gasteiger partial charge in [0.15, 0.2) is 0 Å². The van der Waals surface area contributed by atoms with Crippen LogP contribution >= 0.6 is 11.3 Å². The molecule has 1 saturated carbocycles. The number of hydrogen-bond acceptors (Lipinski definition) is 5. The van der Waals surface area contributed by atoms with Gasteiger partial charge in [-0.25, -0.2) is 13.4 Å². The Labute approximate surface area is 128 Å². The fraction of sp³-hybridized carbons (Fsp3) is 0.357. The van der Waals surface area contributed by atoms with E-state index in [1.54, 1.807) is 23.6 Å². The molecule has 0 aliphatic heterocycles. The van der Waals surface area contributed by atoms with Crippen molar-refractivity contribution >= 4 is 27.2 Å². The summed E-state index contributed by atoms with van der Waals surface area (Å²) >= 11 is 1.46. The van der Waals surface area contributed by atoms with Crippen molar-refractivity contribution in [2.75, 3.05) is 4.72 Å². The zero-order valence-corrected chi connectivity index (χ0v) is 13.3. The van der Waals surface area contributed by atoms with E-state index in [1.807, 2.05) is 13.0 Å². The Morgan fingerprint density at radius 1 is 1.38 bits per heavy atom. The molecule has 0 bridgehead atoms. The van der Waals surface area contributed by atoms with E-state index in [-0.39, 0.29) is 0 Å². The van der Waals surface area contributed by atoms with Gasteiger partial charge in [-0.15, -0.1) is 11.3 Å². The maximum atomic E-state index is 12.3. The highest BCUT2D eigenvalue weighted by Crippen LogP contribution is 2.24. The molecule has 0 atom stereocenters. The van der Waals surface area contributed by atoms with Crippen molar-refractivity contribution in [2.24, 2.45) is 0 Å². The second-order valence-electron chi connectivity index (χ2n) is 5.17. The van der Waals surface area contributed by atoms with Crippen LogP contribution in [-0.2, 0) is 16.6 Å². The number of anilines is 1. The van der Waals surface area contributed by atoms with Gasteiger partial charge < -0.3 is 5.32 Å². The van der Waals surface area contributed by atoms with E-state index < -0.39 is 10.0 Å².